The molecule has 0 aliphatic heterocycles. The van der Waals surface area contributed by atoms with Gasteiger partial charge in [-0.2, -0.15) is 10.2 Å². The molecule has 0 aliphatic rings. The van der Waals surface area contributed by atoms with Gasteiger partial charge in [0, 0.05) is 6.20 Å². The molecule has 1 aromatic carbocycles. The summed E-state index contributed by atoms with van der Waals surface area (Å²) in [7, 11) is 0. The Morgan fingerprint density at radius 3 is 2.69 bits per heavy atom. The van der Waals surface area contributed by atoms with E-state index in [-0.39, 0.29) is 17.2 Å². The topological polar surface area (TPSA) is 110 Å². The number of aromatic nitrogens is 2. The average Bonchev–Trinajstić information content (AvgIpc) is 2.63. The Hall–Kier alpha value is -3.63. The minimum absolute atomic E-state index is 0.0935. The number of nitriles is 1. The summed E-state index contributed by atoms with van der Waals surface area (Å²) < 4.78 is 6.96. The van der Waals surface area contributed by atoms with Crippen LogP contribution in [0, 0.1) is 11.3 Å². The Morgan fingerprint density at radius 1 is 1.27 bits per heavy atom. The number of halogens is 1. The highest BCUT2D eigenvalue weighted by Crippen LogP contribution is 2.29. The summed E-state index contributed by atoms with van der Waals surface area (Å²) in [5, 5.41) is 9.39. The Bertz CT molecular complexity index is 1150. The first kappa shape index (κ1) is 17.2. The fourth-order valence-electron chi connectivity index (χ4n) is 2.22. The molecule has 26 heavy (non-hydrogen) atoms. The van der Waals surface area contributed by atoms with Gasteiger partial charge in [0.25, 0.3) is 11.5 Å². The lowest BCUT2D eigenvalue weighted by Gasteiger charge is -2.11. The van der Waals surface area contributed by atoms with Crippen LogP contribution < -0.4 is 16.0 Å². The molecule has 0 fully saturated rings. The number of rotatable bonds is 4. The van der Waals surface area contributed by atoms with Crippen LogP contribution in [0.2, 0.25) is 5.02 Å². The van der Waals surface area contributed by atoms with Crippen LogP contribution in [0.3, 0.4) is 0 Å². The summed E-state index contributed by atoms with van der Waals surface area (Å²) >= 11 is 6.09. The normalized spacial score (nSPS) is 11.2. The third-order valence-electron chi connectivity index (χ3n) is 3.45. The molecular weight excluding hydrogens is 356 g/mol. The van der Waals surface area contributed by atoms with Gasteiger partial charge in [-0.3, -0.25) is 14.0 Å². The third-order valence-corrected chi connectivity index (χ3v) is 3.76. The number of primary amides is 1. The standard InChI is InChI=1S/C18H11ClN4O3/c19-13-5-1-2-6-14(13)26-17-12(9-11(10-20)16(21)24)18(25)23-8-4-3-7-15(23)22-17/h1-9H,(H2,21,24). The van der Waals surface area contributed by atoms with E-state index < -0.39 is 17.0 Å². The van der Waals surface area contributed by atoms with E-state index in [0.29, 0.717) is 10.7 Å². The van der Waals surface area contributed by atoms with Crippen LogP contribution in [-0.4, -0.2) is 15.3 Å². The minimum atomic E-state index is -0.964. The molecular formula is C18H11ClN4O3. The summed E-state index contributed by atoms with van der Waals surface area (Å²) in [5.74, 6) is -0.786. The molecule has 0 saturated heterocycles. The zero-order valence-corrected chi connectivity index (χ0v) is 14.0. The molecule has 2 heterocycles. The quantitative estimate of drug-likeness (QED) is 0.563. The van der Waals surface area contributed by atoms with Crippen molar-refractivity contribution in [2.75, 3.05) is 0 Å². The first-order valence-electron chi connectivity index (χ1n) is 7.36. The van der Waals surface area contributed by atoms with Gasteiger partial charge in [0.1, 0.15) is 28.6 Å². The molecule has 128 valence electrons. The summed E-state index contributed by atoms with van der Waals surface area (Å²) in [5.41, 5.74) is 4.48. The summed E-state index contributed by atoms with van der Waals surface area (Å²) in [6, 6.07) is 13.3. The lowest BCUT2D eigenvalue weighted by atomic mass is 10.2. The van der Waals surface area contributed by atoms with Gasteiger partial charge in [-0.15, -0.1) is 0 Å². The van der Waals surface area contributed by atoms with E-state index >= 15 is 0 Å². The Morgan fingerprint density at radius 2 is 2.00 bits per heavy atom. The maximum atomic E-state index is 12.8. The van der Waals surface area contributed by atoms with E-state index in [4.69, 9.17) is 27.3 Å². The number of pyridine rings is 1. The number of amides is 1. The molecule has 0 spiro atoms. The molecule has 3 aromatic rings. The van der Waals surface area contributed by atoms with Crippen LogP contribution in [0.25, 0.3) is 11.7 Å². The molecule has 0 saturated carbocycles. The molecule has 3 rings (SSSR count). The Balaban J connectivity index is 2.28. The fourth-order valence-corrected chi connectivity index (χ4v) is 2.39. The van der Waals surface area contributed by atoms with Gasteiger partial charge in [-0.1, -0.05) is 29.8 Å². The molecule has 8 heteroatoms. The van der Waals surface area contributed by atoms with Gasteiger partial charge in [0.15, 0.2) is 0 Å². The number of fused-ring (bicyclic) bond motifs is 1. The van der Waals surface area contributed by atoms with Crippen LogP contribution in [0.15, 0.2) is 59.0 Å². The highest BCUT2D eigenvalue weighted by Gasteiger charge is 2.16. The number of para-hydroxylation sites is 1. The molecule has 0 radical (unpaired) electrons. The molecule has 0 bridgehead atoms. The summed E-state index contributed by atoms with van der Waals surface area (Å²) in [4.78, 5) is 28.5. The van der Waals surface area contributed by atoms with Gasteiger partial charge in [-0.25, -0.2) is 0 Å². The van der Waals surface area contributed by atoms with Crippen LogP contribution in [0.5, 0.6) is 11.6 Å². The number of nitrogens with two attached hydrogens (primary N) is 1. The SMILES string of the molecule is N#CC(=Cc1c(Oc2ccccc2Cl)nc2ccccn2c1=O)C(N)=O. The molecule has 2 N–H and O–H groups in total. The molecule has 0 atom stereocenters. The zero-order valence-electron chi connectivity index (χ0n) is 13.2. The van der Waals surface area contributed by atoms with Crippen molar-refractivity contribution in [3.63, 3.8) is 0 Å². The molecule has 7 nitrogen and oxygen atoms in total. The monoisotopic (exact) mass is 366 g/mol. The number of nitrogens with zero attached hydrogens (tertiary/aromatic N) is 3. The van der Waals surface area contributed by atoms with Crippen LogP contribution in [0.1, 0.15) is 5.56 Å². The Kier molecular flexibility index (Phi) is 4.69. The molecule has 0 aliphatic carbocycles. The van der Waals surface area contributed by atoms with E-state index in [0.717, 1.165) is 6.08 Å². The van der Waals surface area contributed by atoms with Gasteiger partial charge >= 0.3 is 0 Å². The van der Waals surface area contributed by atoms with Crippen molar-refractivity contribution in [2.24, 2.45) is 5.73 Å². The first-order chi connectivity index (χ1) is 12.5. The summed E-state index contributed by atoms with van der Waals surface area (Å²) in [6.45, 7) is 0. The third kappa shape index (κ3) is 3.27. The second-order valence-corrected chi connectivity index (χ2v) is 5.54. The zero-order chi connectivity index (χ0) is 18.7. The van der Waals surface area contributed by atoms with Crippen LogP contribution in [0.4, 0.5) is 0 Å². The van der Waals surface area contributed by atoms with Gasteiger partial charge < -0.3 is 10.5 Å². The first-order valence-corrected chi connectivity index (χ1v) is 7.74. The van der Waals surface area contributed by atoms with E-state index in [1.165, 1.54) is 10.6 Å². The largest absolute Gasteiger partial charge is 0.437 e. The second kappa shape index (κ2) is 7.09. The van der Waals surface area contributed by atoms with Crippen LogP contribution >= 0.6 is 11.6 Å². The van der Waals surface area contributed by atoms with Crippen molar-refractivity contribution in [3.05, 3.63) is 75.2 Å². The number of hydrogen-bond donors (Lipinski definition) is 1. The second-order valence-electron chi connectivity index (χ2n) is 5.13. The number of hydrogen-bond acceptors (Lipinski definition) is 5. The molecule has 1 amide bonds. The van der Waals surface area contributed by atoms with Gasteiger partial charge in [0.2, 0.25) is 5.88 Å². The molecule has 2 aromatic heterocycles. The van der Waals surface area contributed by atoms with Crippen molar-refractivity contribution < 1.29 is 9.53 Å². The Labute approximate surface area is 152 Å². The predicted molar refractivity (Wildman–Crippen MR) is 95.8 cm³/mol. The maximum absolute atomic E-state index is 12.8. The fraction of sp³-hybridized carbons (Fsp3) is 0. The lowest BCUT2D eigenvalue weighted by molar-refractivity contribution is -0.114. The summed E-state index contributed by atoms with van der Waals surface area (Å²) in [6.07, 6.45) is 2.57. The van der Waals surface area contributed by atoms with Gasteiger partial charge in [-0.05, 0) is 30.3 Å². The van der Waals surface area contributed by atoms with E-state index in [9.17, 15) is 9.59 Å². The van der Waals surface area contributed by atoms with Crippen molar-refractivity contribution in [1.82, 2.24) is 9.38 Å². The van der Waals surface area contributed by atoms with Crippen molar-refractivity contribution in [1.29, 1.82) is 5.26 Å². The smallest absolute Gasteiger partial charge is 0.269 e. The average molecular weight is 367 g/mol. The van der Waals surface area contributed by atoms with Crippen molar-refractivity contribution in [2.45, 2.75) is 0 Å². The molecule has 0 unspecified atom stereocenters. The minimum Gasteiger partial charge on any atom is -0.437 e. The van der Waals surface area contributed by atoms with E-state index in [2.05, 4.69) is 4.98 Å². The highest BCUT2D eigenvalue weighted by atomic mass is 35.5. The van der Waals surface area contributed by atoms with Crippen molar-refractivity contribution in [3.8, 4) is 17.7 Å². The van der Waals surface area contributed by atoms with E-state index in [1.807, 2.05) is 0 Å². The lowest BCUT2D eigenvalue weighted by Crippen LogP contribution is -2.20. The van der Waals surface area contributed by atoms with E-state index in [1.54, 1.807) is 48.5 Å². The number of carbonyl (C=O) groups is 1. The maximum Gasteiger partial charge on any atom is 0.269 e. The van der Waals surface area contributed by atoms with Crippen molar-refractivity contribution >= 4 is 29.2 Å². The number of ether oxygens (including phenoxy) is 1. The van der Waals surface area contributed by atoms with Crippen LogP contribution in [-0.2, 0) is 4.79 Å². The van der Waals surface area contributed by atoms with Gasteiger partial charge in [0.05, 0.1) is 5.02 Å². The number of carbonyl (C=O) groups excluding carboxylic acids is 1. The highest BCUT2D eigenvalue weighted by molar-refractivity contribution is 6.32. The number of benzene rings is 1. The predicted octanol–water partition coefficient (Wildman–Crippen LogP) is 2.53.